The van der Waals surface area contributed by atoms with Crippen LogP contribution in [0.5, 0.6) is 0 Å². The molecular weight excluding hydrogens is 322 g/mol. The summed E-state index contributed by atoms with van der Waals surface area (Å²) in [5.41, 5.74) is 0.349. The lowest BCUT2D eigenvalue weighted by Crippen LogP contribution is -2.53. The van der Waals surface area contributed by atoms with E-state index in [2.05, 4.69) is 5.10 Å². The molecule has 2 fully saturated rings. The van der Waals surface area contributed by atoms with E-state index in [-0.39, 0.29) is 36.3 Å². The Balaban J connectivity index is 1.77. The molecule has 1 aromatic heterocycles. The van der Waals surface area contributed by atoms with Crippen LogP contribution in [0.25, 0.3) is 0 Å². The van der Waals surface area contributed by atoms with Crippen molar-refractivity contribution in [1.29, 1.82) is 0 Å². The number of carbonyl (C=O) groups excluding carboxylic acids is 1. The minimum Gasteiger partial charge on any atom is -0.394 e. The summed E-state index contributed by atoms with van der Waals surface area (Å²) in [5.74, 6) is 0.0126. The van der Waals surface area contributed by atoms with Crippen LogP contribution in [0.1, 0.15) is 55.9 Å². The fourth-order valence-electron chi connectivity index (χ4n) is 4.17. The highest BCUT2D eigenvalue weighted by molar-refractivity contribution is 5.94. The van der Waals surface area contributed by atoms with Crippen LogP contribution in [0.2, 0.25) is 0 Å². The van der Waals surface area contributed by atoms with Crippen molar-refractivity contribution >= 4 is 5.91 Å². The third kappa shape index (κ3) is 3.45. The number of likely N-dealkylation sites (tertiary alicyclic amines) is 1. The van der Waals surface area contributed by atoms with E-state index in [0.29, 0.717) is 18.7 Å². The van der Waals surface area contributed by atoms with Gasteiger partial charge in [0.1, 0.15) is 0 Å². The summed E-state index contributed by atoms with van der Waals surface area (Å²) in [7, 11) is 1.74. The van der Waals surface area contributed by atoms with Gasteiger partial charge in [0.15, 0.2) is 0 Å². The van der Waals surface area contributed by atoms with E-state index in [1.165, 1.54) is 0 Å². The molecule has 3 rings (SSSR count). The first-order valence-electron chi connectivity index (χ1n) is 9.13. The van der Waals surface area contributed by atoms with Gasteiger partial charge < -0.3 is 19.5 Å². The number of methoxy groups -OCH3 is 1. The summed E-state index contributed by atoms with van der Waals surface area (Å²) in [6, 6.07) is 0.231. The van der Waals surface area contributed by atoms with Gasteiger partial charge in [-0.1, -0.05) is 0 Å². The number of carbonyl (C=O) groups is 1. The van der Waals surface area contributed by atoms with Gasteiger partial charge in [0, 0.05) is 25.9 Å². The second-order valence-electron chi connectivity index (χ2n) is 7.33. The fourth-order valence-corrected chi connectivity index (χ4v) is 4.17. The molecule has 7 heteroatoms. The molecule has 3 atom stereocenters. The van der Waals surface area contributed by atoms with Gasteiger partial charge in [-0.3, -0.25) is 9.48 Å². The highest BCUT2D eigenvalue weighted by Gasteiger charge is 2.52. The largest absolute Gasteiger partial charge is 0.394 e. The maximum absolute atomic E-state index is 13.1. The molecule has 2 heterocycles. The summed E-state index contributed by atoms with van der Waals surface area (Å²) in [5, 5.41) is 13.3. The van der Waals surface area contributed by atoms with E-state index in [1.54, 1.807) is 18.0 Å². The van der Waals surface area contributed by atoms with Crippen LogP contribution in [0.4, 0.5) is 0 Å². The number of ether oxygens (including phenoxy) is 2. The Labute approximate surface area is 148 Å². The first-order chi connectivity index (χ1) is 12.0. The molecule has 140 valence electrons. The summed E-state index contributed by atoms with van der Waals surface area (Å²) in [6.07, 6.45) is 6.91. The molecule has 0 aromatic carbocycles. The number of hydrogen-bond acceptors (Lipinski definition) is 5. The number of rotatable bonds is 6. The predicted molar refractivity (Wildman–Crippen MR) is 92.5 cm³/mol. The molecular formula is C18H29N3O4. The SMILES string of the molecule is CO[C@@]12CC[C@H](OCCO)C[C@@H]1N(C(=O)c1cnn(C(C)C)c1)CC2. The molecule has 1 aliphatic carbocycles. The van der Waals surface area contributed by atoms with Crippen LogP contribution in [0.3, 0.4) is 0 Å². The normalized spacial score (nSPS) is 29.2. The van der Waals surface area contributed by atoms with E-state index >= 15 is 0 Å². The number of aliphatic hydroxyl groups excluding tert-OH is 1. The van der Waals surface area contributed by atoms with Gasteiger partial charge in [-0.25, -0.2) is 0 Å². The van der Waals surface area contributed by atoms with Gasteiger partial charge in [-0.05, 0) is 39.5 Å². The first kappa shape index (κ1) is 18.4. The van der Waals surface area contributed by atoms with E-state index in [1.807, 2.05) is 24.9 Å². The molecule has 0 unspecified atom stereocenters. The third-order valence-electron chi connectivity index (χ3n) is 5.62. The highest BCUT2D eigenvalue weighted by atomic mass is 16.5. The number of aliphatic hydroxyl groups is 1. The van der Waals surface area contributed by atoms with Crippen LogP contribution in [0, 0.1) is 0 Å². The van der Waals surface area contributed by atoms with Crippen LogP contribution >= 0.6 is 0 Å². The number of amides is 1. The van der Waals surface area contributed by atoms with Gasteiger partial charge in [-0.2, -0.15) is 5.10 Å². The van der Waals surface area contributed by atoms with Crippen LogP contribution in [-0.4, -0.2) is 70.3 Å². The minimum absolute atomic E-state index is 0.00448. The van der Waals surface area contributed by atoms with Crippen molar-refractivity contribution in [3.63, 3.8) is 0 Å². The van der Waals surface area contributed by atoms with E-state index < -0.39 is 0 Å². The summed E-state index contributed by atoms with van der Waals surface area (Å²) in [4.78, 5) is 15.0. The quantitative estimate of drug-likeness (QED) is 0.843. The van der Waals surface area contributed by atoms with Gasteiger partial charge in [0.2, 0.25) is 0 Å². The molecule has 0 bridgehead atoms. The molecule has 25 heavy (non-hydrogen) atoms. The second-order valence-corrected chi connectivity index (χ2v) is 7.33. The molecule has 1 N–H and O–H groups in total. The van der Waals surface area contributed by atoms with Gasteiger partial charge >= 0.3 is 0 Å². The second kappa shape index (κ2) is 7.43. The monoisotopic (exact) mass is 351 g/mol. The zero-order chi connectivity index (χ0) is 18.0. The number of fused-ring (bicyclic) bond motifs is 1. The molecule has 1 amide bonds. The summed E-state index contributed by atoms with van der Waals surface area (Å²) >= 11 is 0. The molecule has 7 nitrogen and oxygen atoms in total. The lowest BCUT2D eigenvalue weighted by Gasteiger charge is -2.43. The number of nitrogens with zero attached hydrogens (tertiary/aromatic N) is 3. The molecule has 1 aromatic rings. The Hall–Kier alpha value is -1.44. The Bertz CT molecular complexity index is 603. The van der Waals surface area contributed by atoms with Gasteiger partial charge in [0.25, 0.3) is 5.91 Å². The minimum atomic E-state index is -0.275. The van der Waals surface area contributed by atoms with Crippen LogP contribution < -0.4 is 0 Å². The lowest BCUT2D eigenvalue weighted by atomic mass is 9.79. The molecule has 0 radical (unpaired) electrons. The van der Waals surface area contributed by atoms with Crippen molar-refractivity contribution in [2.24, 2.45) is 0 Å². The standard InChI is InChI=1S/C18H29N3O4/c1-13(2)21-12-14(11-19-21)17(23)20-7-6-18(24-3)5-4-15(10-16(18)20)25-9-8-22/h11-13,15-16,22H,4-10H2,1-3H3/t15-,16-,18+/m0/s1. The van der Waals surface area contributed by atoms with Crippen molar-refractivity contribution in [2.75, 3.05) is 26.9 Å². The van der Waals surface area contributed by atoms with Crippen LogP contribution in [-0.2, 0) is 9.47 Å². The lowest BCUT2D eigenvalue weighted by molar-refractivity contribution is -0.0992. The zero-order valence-electron chi connectivity index (χ0n) is 15.4. The molecule has 1 aliphatic heterocycles. The molecule has 1 saturated carbocycles. The van der Waals surface area contributed by atoms with Crippen molar-refractivity contribution in [1.82, 2.24) is 14.7 Å². The maximum Gasteiger partial charge on any atom is 0.257 e. The summed E-state index contributed by atoms with van der Waals surface area (Å²) in [6.45, 7) is 5.13. The topological polar surface area (TPSA) is 76.8 Å². The number of aromatic nitrogens is 2. The van der Waals surface area contributed by atoms with Gasteiger partial charge in [-0.15, -0.1) is 0 Å². The average molecular weight is 351 g/mol. The smallest absolute Gasteiger partial charge is 0.257 e. The van der Waals surface area contributed by atoms with Crippen LogP contribution in [0.15, 0.2) is 12.4 Å². The fraction of sp³-hybridized carbons (Fsp3) is 0.778. The van der Waals surface area contributed by atoms with Crippen molar-refractivity contribution in [3.8, 4) is 0 Å². The van der Waals surface area contributed by atoms with E-state index in [0.717, 1.165) is 25.7 Å². The van der Waals surface area contributed by atoms with Crippen molar-refractivity contribution in [3.05, 3.63) is 18.0 Å². The molecule has 1 saturated heterocycles. The Morgan fingerprint density at radius 2 is 2.28 bits per heavy atom. The van der Waals surface area contributed by atoms with Gasteiger partial charge in [0.05, 0.1) is 42.7 Å². The highest BCUT2D eigenvalue weighted by Crippen LogP contribution is 2.43. The van der Waals surface area contributed by atoms with E-state index in [9.17, 15) is 4.79 Å². The number of hydrogen-bond donors (Lipinski definition) is 1. The van der Waals surface area contributed by atoms with Crippen molar-refractivity contribution in [2.45, 2.75) is 63.3 Å². The van der Waals surface area contributed by atoms with Crippen molar-refractivity contribution < 1.29 is 19.4 Å². The maximum atomic E-state index is 13.1. The first-order valence-corrected chi connectivity index (χ1v) is 9.13. The van der Waals surface area contributed by atoms with E-state index in [4.69, 9.17) is 14.6 Å². The summed E-state index contributed by atoms with van der Waals surface area (Å²) < 4.78 is 13.4. The Morgan fingerprint density at radius 1 is 1.48 bits per heavy atom. The predicted octanol–water partition coefficient (Wildman–Crippen LogP) is 1.63. The molecule has 2 aliphatic rings. The Morgan fingerprint density at radius 3 is 2.92 bits per heavy atom. The average Bonchev–Trinajstić information content (AvgIpc) is 3.24. The zero-order valence-corrected chi connectivity index (χ0v) is 15.4. The molecule has 0 spiro atoms. The Kier molecular flexibility index (Phi) is 5.46. The third-order valence-corrected chi connectivity index (χ3v) is 5.62.